The SMILES string of the molecule is CCC[C@]1(C2CCN(C(=O)/C=C/c3ccccn3)CC2)NC(=O)N(CC[C@@H]2CCCN2C)C1=O. The van der Waals surface area contributed by atoms with Gasteiger partial charge in [0.15, 0.2) is 0 Å². The zero-order valence-electron chi connectivity index (χ0n) is 20.4. The number of nitrogens with zero attached hydrogens (tertiary/aromatic N) is 4. The Balaban J connectivity index is 1.37. The van der Waals surface area contributed by atoms with E-state index in [9.17, 15) is 14.4 Å². The van der Waals surface area contributed by atoms with Crippen LogP contribution in [0.2, 0.25) is 0 Å². The summed E-state index contributed by atoms with van der Waals surface area (Å²) in [6, 6.07) is 5.77. The second kappa shape index (κ2) is 10.7. The molecule has 0 aliphatic carbocycles. The van der Waals surface area contributed by atoms with E-state index < -0.39 is 5.54 Å². The van der Waals surface area contributed by atoms with Crippen molar-refractivity contribution in [1.82, 2.24) is 25.0 Å². The van der Waals surface area contributed by atoms with Crippen LogP contribution in [0.3, 0.4) is 0 Å². The molecule has 3 saturated heterocycles. The van der Waals surface area contributed by atoms with Crippen molar-refractivity contribution in [2.24, 2.45) is 5.92 Å². The smallest absolute Gasteiger partial charge is 0.325 e. The van der Waals surface area contributed by atoms with Crippen LogP contribution in [0.15, 0.2) is 30.5 Å². The van der Waals surface area contributed by atoms with Crippen LogP contribution in [0.5, 0.6) is 0 Å². The van der Waals surface area contributed by atoms with Gasteiger partial charge in [-0.3, -0.25) is 19.5 Å². The topological polar surface area (TPSA) is 85.8 Å². The van der Waals surface area contributed by atoms with Crippen LogP contribution in [0.1, 0.15) is 57.6 Å². The van der Waals surface area contributed by atoms with Gasteiger partial charge in [-0.1, -0.05) is 19.4 Å². The predicted octanol–water partition coefficient (Wildman–Crippen LogP) is 2.91. The van der Waals surface area contributed by atoms with Crippen LogP contribution in [-0.4, -0.2) is 82.3 Å². The van der Waals surface area contributed by atoms with E-state index >= 15 is 0 Å². The second-order valence-electron chi connectivity index (χ2n) is 9.86. The molecule has 0 saturated carbocycles. The number of urea groups is 1. The number of carbonyl (C=O) groups excluding carboxylic acids is 3. The van der Waals surface area contributed by atoms with Gasteiger partial charge in [0.05, 0.1) is 5.69 Å². The number of amides is 4. The molecule has 4 rings (SSSR count). The molecule has 1 aromatic rings. The zero-order chi connectivity index (χ0) is 24.1. The molecule has 1 aromatic heterocycles. The Morgan fingerprint density at radius 1 is 1.21 bits per heavy atom. The highest BCUT2D eigenvalue weighted by atomic mass is 16.2. The number of imide groups is 1. The molecule has 0 unspecified atom stereocenters. The molecule has 4 heterocycles. The van der Waals surface area contributed by atoms with Gasteiger partial charge < -0.3 is 15.1 Å². The minimum absolute atomic E-state index is 0.0341. The summed E-state index contributed by atoms with van der Waals surface area (Å²) in [5.41, 5.74) is -0.0948. The van der Waals surface area contributed by atoms with E-state index in [2.05, 4.69) is 29.2 Å². The number of hydrogen-bond donors (Lipinski definition) is 1. The molecule has 8 nitrogen and oxygen atoms in total. The summed E-state index contributed by atoms with van der Waals surface area (Å²) in [5, 5.41) is 3.11. The van der Waals surface area contributed by atoms with E-state index in [0.717, 1.165) is 31.5 Å². The lowest BCUT2D eigenvalue weighted by Crippen LogP contribution is -2.56. The summed E-state index contributed by atoms with van der Waals surface area (Å²) >= 11 is 0. The molecule has 0 spiro atoms. The summed E-state index contributed by atoms with van der Waals surface area (Å²) < 4.78 is 0. The average molecular weight is 468 g/mol. The van der Waals surface area contributed by atoms with Crippen LogP contribution in [0, 0.1) is 5.92 Å². The van der Waals surface area contributed by atoms with Crippen molar-refractivity contribution in [3.05, 3.63) is 36.2 Å². The first-order valence-corrected chi connectivity index (χ1v) is 12.7. The normalized spacial score (nSPS) is 26.6. The van der Waals surface area contributed by atoms with Crippen LogP contribution in [-0.2, 0) is 9.59 Å². The van der Waals surface area contributed by atoms with E-state index in [1.165, 1.54) is 11.3 Å². The standard InChI is InChI=1S/C26H37N5O3/c1-3-14-26(24(33)31(25(34)28-26)19-13-22-8-6-16-29(22)2)20-11-17-30(18-12-20)23(32)10-9-21-7-4-5-15-27-21/h4-5,7,9-10,15,20,22H,3,6,8,11-14,16-19H2,1-2H3,(H,28,34)/b10-9+/t22-,26+/m0/s1. The Morgan fingerprint density at radius 3 is 2.65 bits per heavy atom. The molecular weight excluding hydrogens is 430 g/mol. The maximum Gasteiger partial charge on any atom is 0.325 e. The highest BCUT2D eigenvalue weighted by Gasteiger charge is 2.55. The molecule has 34 heavy (non-hydrogen) atoms. The first-order chi connectivity index (χ1) is 16.4. The van der Waals surface area contributed by atoms with Crippen molar-refractivity contribution in [3.63, 3.8) is 0 Å². The maximum atomic E-state index is 13.6. The Labute approximate surface area is 202 Å². The summed E-state index contributed by atoms with van der Waals surface area (Å²) in [6.45, 7) is 4.77. The van der Waals surface area contributed by atoms with Crippen molar-refractivity contribution in [2.45, 2.75) is 63.5 Å². The monoisotopic (exact) mass is 467 g/mol. The fourth-order valence-corrected chi connectivity index (χ4v) is 5.84. The molecule has 0 aromatic carbocycles. The second-order valence-corrected chi connectivity index (χ2v) is 9.86. The fourth-order valence-electron chi connectivity index (χ4n) is 5.84. The fraction of sp³-hybridized carbons (Fsp3) is 0.615. The molecule has 2 atom stereocenters. The van der Waals surface area contributed by atoms with E-state index in [4.69, 9.17) is 0 Å². The number of aromatic nitrogens is 1. The van der Waals surface area contributed by atoms with Gasteiger partial charge in [0.25, 0.3) is 5.91 Å². The highest BCUT2D eigenvalue weighted by molar-refractivity contribution is 6.07. The van der Waals surface area contributed by atoms with Gasteiger partial charge in [-0.05, 0) is 76.2 Å². The van der Waals surface area contributed by atoms with Crippen molar-refractivity contribution < 1.29 is 14.4 Å². The molecular formula is C26H37N5O3. The van der Waals surface area contributed by atoms with Crippen molar-refractivity contribution in [3.8, 4) is 0 Å². The highest BCUT2D eigenvalue weighted by Crippen LogP contribution is 2.37. The lowest BCUT2D eigenvalue weighted by atomic mass is 9.74. The number of likely N-dealkylation sites (tertiary alicyclic amines) is 2. The lowest BCUT2D eigenvalue weighted by Gasteiger charge is -2.40. The van der Waals surface area contributed by atoms with Gasteiger partial charge in [0.1, 0.15) is 5.54 Å². The van der Waals surface area contributed by atoms with E-state index in [1.54, 1.807) is 18.3 Å². The Bertz CT molecular complexity index is 912. The third-order valence-corrected chi connectivity index (χ3v) is 7.79. The number of pyridine rings is 1. The molecule has 3 aliphatic rings. The van der Waals surface area contributed by atoms with Crippen LogP contribution in [0.25, 0.3) is 6.08 Å². The molecule has 3 aliphatic heterocycles. The number of hydrogen-bond acceptors (Lipinski definition) is 5. The van der Waals surface area contributed by atoms with Crippen molar-refractivity contribution in [2.75, 3.05) is 33.2 Å². The Kier molecular flexibility index (Phi) is 7.66. The largest absolute Gasteiger partial charge is 0.339 e. The molecule has 0 radical (unpaired) electrons. The number of nitrogens with one attached hydrogen (secondary N) is 1. The van der Waals surface area contributed by atoms with Crippen molar-refractivity contribution >= 4 is 23.9 Å². The van der Waals surface area contributed by atoms with Gasteiger partial charge in [0.2, 0.25) is 5.91 Å². The average Bonchev–Trinajstić information content (AvgIpc) is 3.37. The summed E-state index contributed by atoms with van der Waals surface area (Å²) in [4.78, 5) is 49.0. The van der Waals surface area contributed by atoms with Gasteiger partial charge in [-0.15, -0.1) is 0 Å². The first kappa shape index (κ1) is 24.4. The summed E-state index contributed by atoms with van der Waals surface area (Å²) in [7, 11) is 2.12. The van der Waals surface area contributed by atoms with Crippen LogP contribution in [0.4, 0.5) is 4.79 Å². The van der Waals surface area contributed by atoms with Crippen molar-refractivity contribution in [1.29, 1.82) is 0 Å². The molecule has 4 amide bonds. The number of piperidine rings is 1. The predicted molar refractivity (Wildman–Crippen MR) is 131 cm³/mol. The molecule has 8 heteroatoms. The molecule has 184 valence electrons. The molecule has 3 fully saturated rings. The molecule has 0 bridgehead atoms. The lowest BCUT2D eigenvalue weighted by molar-refractivity contribution is -0.135. The zero-order valence-corrected chi connectivity index (χ0v) is 20.4. The number of rotatable bonds is 8. The Hall–Kier alpha value is -2.74. The Morgan fingerprint density at radius 2 is 2.00 bits per heavy atom. The summed E-state index contributed by atoms with van der Waals surface area (Å²) in [5.74, 6) is -0.0792. The van der Waals surface area contributed by atoms with Crippen LogP contribution < -0.4 is 5.32 Å². The third kappa shape index (κ3) is 5.02. The number of carbonyl (C=O) groups is 3. The van der Waals surface area contributed by atoms with E-state index in [0.29, 0.717) is 44.9 Å². The van der Waals surface area contributed by atoms with E-state index in [1.807, 2.05) is 23.1 Å². The van der Waals surface area contributed by atoms with Gasteiger partial charge in [-0.2, -0.15) is 0 Å². The minimum Gasteiger partial charge on any atom is -0.339 e. The summed E-state index contributed by atoms with van der Waals surface area (Å²) in [6.07, 6.45) is 11.0. The molecule has 1 N–H and O–H groups in total. The van der Waals surface area contributed by atoms with Gasteiger partial charge in [0, 0.05) is 37.9 Å². The van der Waals surface area contributed by atoms with E-state index in [-0.39, 0.29) is 23.8 Å². The van der Waals surface area contributed by atoms with Gasteiger partial charge >= 0.3 is 6.03 Å². The quantitative estimate of drug-likeness (QED) is 0.469. The third-order valence-electron chi connectivity index (χ3n) is 7.79. The first-order valence-electron chi connectivity index (χ1n) is 12.7. The minimum atomic E-state index is -0.841. The maximum absolute atomic E-state index is 13.6. The van der Waals surface area contributed by atoms with Gasteiger partial charge in [-0.25, -0.2) is 4.79 Å². The van der Waals surface area contributed by atoms with Crippen LogP contribution >= 0.6 is 0 Å².